The van der Waals surface area contributed by atoms with Crippen molar-refractivity contribution in [3.05, 3.63) is 0 Å². The van der Waals surface area contributed by atoms with Gasteiger partial charge in [0.25, 0.3) is 0 Å². The van der Waals surface area contributed by atoms with Crippen LogP contribution in [0.2, 0.25) is 0 Å². The third-order valence-corrected chi connectivity index (χ3v) is 2.18. The molecular weight excluding hydrogens is 176 g/mol. The highest BCUT2D eigenvalue weighted by molar-refractivity contribution is 5.52. The van der Waals surface area contributed by atoms with Gasteiger partial charge in [0, 0.05) is 0 Å². The van der Waals surface area contributed by atoms with E-state index in [1.807, 2.05) is 0 Å². The van der Waals surface area contributed by atoms with Gasteiger partial charge in [-0.2, -0.15) is 0 Å². The Morgan fingerprint density at radius 2 is 1.57 bits per heavy atom. The third kappa shape index (κ3) is 11.1. The molecule has 0 aromatic carbocycles. The molecule has 14 heavy (non-hydrogen) atoms. The number of hydrogen-bond acceptors (Lipinski definition) is 3. The molecule has 0 unspecified atom stereocenters. The van der Waals surface area contributed by atoms with Crippen LogP contribution in [-0.2, 0) is 4.79 Å². The van der Waals surface area contributed by atoms with Crippen molar-refractivity contribution in [2.24, 2.45) is 4.99 Å². The molecule has 0 radical (unpaired) electrons. The summed E-state index contributed by atoms with van der Waals surface area (Å²) in [5.41, 5.74) is 0. The Bertz CT molecular complexity index is 174. The van der Waals surface area contributed by atoms with Crippen molar-refractivity contribution in [1.29, 1.82) is 5.41 Å². The van der Waals surface area contributed by atoms with Crippen molar-refractivity contribution < 1.29 is 4.79 Å². The van der Waals surface area contributed by atoms with E-state index in [-0.39, 0.29) is 0 Å². The molecule has 3 nitrogen and oxygen atoms in total. The number of isocyanates is 1. The summed E-state index contributed by atoms with van der Waals surface area (Å²) in [6.07, 6.45) is 12.3. The Labute approximate surface area is 86.1 Å². The van der Waals surface area contributed by atoms with Crippen molar-refractivity contribution in [3.63, 3.8) is 0 Å². The zero-order valence-corrected chi connectivity index (χ0v) is 8.80. The van der Waals surface area contributed by atoms with E-state index in [9.17, 15) is 4.79 Å². The largest absolute Gasteiger partial charge is 0.313 e. The molecule has 0 fully saturated rings. The number of aliphatic imine (C=N–C) groups is 1. The Kier molecular flexibility index (Phi) is 11.2. The fourth-order valence-electron chi connectivity index (χ4n) is 1.37. The fraction of sp³-hybridized carbons (Fsp3) is 0.818. The maximum Gasteiger partial charge on any atom is 0.234 e. The molecule has 80 valence electrons. The van der Waals surface area contributed by atoms with Crippen LogP contribution in [0, 0.1) is 5.41 Å². The van der Waals surface area contributed by atoms with E-state index in [2.05, 4.69) is 4.99 Å². The first-order chi connectivity index (χ1) is 6.91. The SMILES string of the molecule is N=CCCCCCCCCCN=C=O. The van der Waals surface area contributed by atoms with Crippen molar-refractivity contribution in [2.45, 2.75) is 51.4 Å². The van der Waals surface area contributed by atoms with Crippen molar-refractivity contribution >= 4 is 12.3 Å². The molecule has 0 saturated heterocycles. The first kappa shape index (κ1) is 13.1. The Hall–Kier alpha value is -0.950. The maximum atomic E-state index is 9.73. The highest BCUT2D eigenvalue weighted by atomic mass is 16.1. The van der Waals surface area contributed by atoms with E-state index in [0.717, 1.165) is 25.7 Å². The van der Waals surface area contributed by atoms with E-state index in [1.54, 1.807) is 6.08 Å². The molecular formula is C11H20N2O. The summed E-state index contributed by atoms with van der Waals surface area (Å²) in [5.74, 6) is 0. The van der Waals surface area contributed by atoms with Gasteiger partial charge in [0.05, 0.1) is 6.54 Å². The number of unbranched alkanes of at least 4 members (excludes halogenated alkanes) is 7. The Morgan fingerprint density at radius 3 is 2.14 bits per heavy atom. The molecule has 1 N–H and O–H groups in total. The summed E-state index contributed by atoms with van der Waals surface area (Å²) in [6, 6.07) is 0. The molecule has 0 aromatic heterocycles. The van der Waals surface area contributed by atoms with E-state index in [4.69, 9.17) is 5.41 Å². The van der Waals surface area contributed by atoms with E-state index < -0.39 is 0 Å². The summed E-state index contributed by atoms with van der Waals surface area (Å²) in [4.78, 5) is 13.2. The smallest absolute Gasteiger partial charge is 0.234 e. The summed E-state index contributed by atoms with van der Waals surface area (Å²) >= 11 is 0. The van der Waals surface area contributed by atoms with Gasteiger partial charge in [-0.1, -0.05) is 32.1 Å². The monoisotopic (exact) mass is 196 g/mol. The summed E-state index contributed by atoms with van der Waals surface area (Å²) in [7, 11) is 0. The van der Waals surface area contributed by atoms with Gasteiger partial charge < -0.3 is 5.41 Å². The normalized spacial score (nSPS) is 9.43. The van der Waals surface area contributed by atoms with Crippen molar-refractivity contribution in [1.82, 2.24) is 0 Å². The average molecular weight is 196 g/mol. The highest BCUT2D eigenvalue weighted by Crippen LogP contribution is 2.07. The molecule has 0 saturated carbocycles. The number of nitrogens with zero attached hydrogens (tertiary/aromatic N) is 1. The second-order valence-corrected chi connectivity index (χ2v) is 3.44. The molecule has 0 atom stereocenters. The Morgan fingerprint density at radius 1 is 1.00 bits per heavy atom. The van der Waals surface area contributed by atoms with Gasteiger partial charge in [-0.3, -0.25) is 0 Å². The van der Waals surface area contributed by atoms with Crippen LogP contribution in [0.3, 0.4) is 0 Å². The van der Waals surface area contributed by atoms with Gasteiger partial charge in [0.1, 0.15) is 0 Å². The third-order valence-electron chi connectivity index (χ3n) is 2.18. The second kappa shape index (κ2) is 12.0. The van der Waals surface area contributed by atoms with Crippen LogP contribution in [0.25, 0.3) is 0 Å². The standard InChI is InChI=1S/C11H20N2O/c12-9-7-5-3-1-2-4-6-8-10-13-11-14/h9,12H,1-8,10H2. The highest BCUT2D eigenvalue weighted by Gasteiger charge is 1.90. The summed E-state index contributed by atoms with van der Waals surface area (Å²) < 4.78 is 0. The first-order valence-electron chi connectivity index (χ1n) is 5.44. The van der Waals surface area contributed by atoms with Crippen LogP contribution >= 0.6 is 0 Å². The molecule has 0 spiro atoms. The minimum atomic E-state index is 0.636. The zero-order valence-electron chi connectivity index (χ0n) is 8.80. The predicted molar refractivity (Wildman–Crippen MR) is 58.7 cm³/mol. The fourth-order valence-corrected chi connectivity index (χ4v) is 1.37. The van der Waals surface area contributed by atoms with Gasteiger partial charge in [0.2, 0.25) is 6.08 Å². The number of hydrogen-bond donors (Lipinski definition) is 1. The quantitative estimate of drug-likeness (QED) is 0.326. The minimum absolute atomic E-state index is 0.636. The van der Waals surface area contributed by atoms with Crippen LogP contribution in [0.5, 0.6) is 0 Å². The van der Waals surface area contributed by atoms with Crippen LogP contribution in [0.1, 0.15) is 51.4 Å². The molecule has 3 heteroatoms. The van der Waals surface area contributed by atoms with Crippen molar-refractivity contribution in [3.8, 4) is 0 Å². The van der Waals surface area contributed by atoms with E-state index >= 15 is 0 Å². The molecule has 0 aliphatic heterocycles. The zero-order chi connectivity index (χ0) is 10.5. The van der Waals surface area contributed by atoms with E-state index in [0.29, 0.717) is 6.54 Å². The number of carbonyl (C=O) groups excluding carboxylic acids is 1. The average Bonchev–Trinajstić information content (AvgIpc) is 2.21. The van der Waals surface area contributed by atoms with Gasteiger partial charge >= 0.3 is 0 Å². The van der Waals surface area contributed by atoms with Crippen LogP contribution < -0.4 is 0 Å². The van der Waals surface area contributed by atoms with Gasteiger partial charge in [-0.05, 0) is 25.5 Å². The molecule has 0 heterocycles. The topological polar surface area (TPSA) is 53.3 Å². The second-order valence-electron chi connectivity index (χ2n) is 3.44. The number of rotatable bonds is 10. The minimum Gasteiger partial charge on any atom is -0.313 e. The van der Waals surface area contributed by atoms with Crippen LogP contribution in [-0.4, -0.2) is 18.8 Å². The lowest BCUT2D eigenvalue weighted by Crippen LogP contribution is -1.83. The lowest BCUT2D eigenvalue weighted by Gasteiger charge is -1.99. The van der Waals surface area contributed by atoms with Gasteiger partial charge in [-0.25, -0.2) is 9.79 Å². The van der Waals surface area contributed by atoms with Gasteiger partial charge in [-0.15, -0.1) is 0 Å². The molecule has 0 amide bonds. The van der Waals surface area contributed by atoms with E-state index in [1.165, 1.54) is 31.9 Å². The number of nitrogens with one attached hydrogen (secondary N) is 1. The predicted octanol–water partition coefficient (Wildman–Crippen LogP) is 3.09. The molecule has 0 rings (SSSR count). The first-order valence-corrected chi connectivity index (χ1v) is 5.44. The van der Waals surface area contributed by atoms with Crippen LogP contribution in [0.15, 0.2) is 4.99 Å². The van der Waals surface area contributed by atoms with Crippen molar-refractivity contribution in [2.75, 3.05) is 6.54 Å². The lowest BCUT2D eigenvalue weighted by molar-refractivity contribution is 0.559. The molecule has 0 aliphatic carbocycles. The molecule has 0 aromatic rings. The lowest BCUT2D eigenvalue weighted by atomic mass is 10.1. The Balaban J connectivity index is 2.91. The summed E-state index contributed by atoms with van der Waals surface area (Å²) in [6.45, 7) is 0.636. The van der Waals surface area contributed by atoms with Gasteiger partial charge in [0.15, 0.2) is 0 Å². The van der Waals surface area contributed by atoms with Crippen LogP contribution in [0.4, 0.5) is 0 Å². The molecule has 0 aliphatic rings. The maximum absolute atomic E-state index is 9.73. The molecule has 0 bridgehead atoms. The summed E-state index contributed by atoms with van der Waals surface area (Å²) in [5, 5.41) is 6.85.